The summed E-state index contributed by atoms with van der Waals surface area (Å²) < 4.78 is 12.9. The molecule has 0 spiro atoms. The number of amides is 1. The molecule has 0 aliphatic heterocycles. The van der Waals surface area contributed by atoms with Crippen LogP contribution in [0, 0.1) is 17.3 Å². The van der Waals surface area contributed by atoms with Gasteiger partial charge in [-0.2, -0.15) is 9.65 Å². The lowest BCUT2D eigenvalue weighted by atomic mass is 10.2. The predicted molar refractivity (Wildman–Crippen MR) is 46.8 cm³/mol. The summed E-state index contributed by atoms with van der Waals surface area (Å²) in [5.41, 5.74) is -0.106. The van der Waals surface area contributed by atoms with E-state index in [9.17, 15) is 9.18 Å². The second kappa shape index (κ2) is 4.92. The van der Waals surface area contributed by atoms with Crippen molar-refractivity contribution in [2.24, 2.45) is 0 Å². The largest absolute Gasteiger partial charge is 0.351 e. The number of halogens is 1. The monoisotopic (exact) mass is 193 g/mol. The van der Waals surface area contributed by atoms with Gasteiger partial charge in [0.15, 0.2) is 0 Å². The number of carbonyl (C=O) groups is 1. The van der Waals surface area contributed by atoms with Crippen LogP contribution in [0.2, 0.25) is 0 Å². The number of nitrogens with zero attached hydrogens (tertiary/aromatic N) is 2. The molecule has 0 saturated heterocycles. The van der Waals surface area contributed by atoms with Gasteiger partial charge in [-0.25, -0.2) is 4.98 Å². The number of carbonyl (C=O) groups excluding carboxylic acids is 1. The third-order valence-electron chi connectivity index (χ3n) is 1.53. The zero-order valence-corrected chi connectivity index (χ0v) is 7.33. The van der Waals surface area contributed by atoms with Crippen molar-refractivity contribution < 1.29 is 9.18 Å². The van der Waals surface area contributed by atoms with Crippen LogP contribution < -0.4 is 5.32 Å². The molecule has 0 aromatic carbocycles. The molecule has 1 N–H and O–H groups in total. The average molecular weight is 193 g/mol. The lowest BCUT2D eigenvalue weighted by molar-refractivity contribution is 0.0949. The first kappa shape index (κ1) is 10.1. The first-order valence-electron chi connectivity index (χ1n) is 4.01. The molecule has 1 rings (SSSR count). The second-order valence-electron chi connectivity index (χ2n) is 2.51. The lowest BCUT2D eigenvalue weighted by Gasteiger charge is -2.02. The van der Waals surface area contributed by atoms with Gasteiger partial charge in [-0.15, -0.1) is 0 Å². The Morgan fingerprint density at radius 2 is 2.50 bits per heavy atom. The quantitative estimate of drug-likeness (QED) is 0.572. The Hall–Kier alpha value is -1.96. The molecule has 0 radical (unpaired) electrons. The molecule has 0 atom stereocenters. The Kier molecular flexibility index (Phi) is 3.56. The molecule has 1 aromatic heterocycles. The van der Waals surface area contributed by atoms with Crippen molar-refractivity contribution in [1.82, 2.24) is 10.3 Å². The van der Waals surface area contributed by atoms with E-state index in [1.165, 1.54) is 18.3 Å². The highest BCUT2D eigenvalue weighted by Gasteiger charge is 2.10. The molecule has 14 heavy (non-hydrogen) atoms. The molecule has 0 unspecified atom stereocenters. The molecular weight excluding hydrogens is 185 g/mol. The zero-order chi connectivity index (χ0) is 10.4. The highest BCUT2D eigenvalue weighted by Crippen LogP contribution is 2.02. The number of rotatable bonds is 3. The van der Waals surface area contributed by atoms with E-state index >= 15 is 0 Å². The van der Waals surface area contributed by atoms with Gasteiger partial charge in [0.05, 0.1) is 18.1 Å². The molecule has 72 valence electrons. The first-order chi connectivity index (χ1) is 6.75. The van der Waals surface area contributed by atoms with E-state index < -0.39 is 11.9 Å². The maximum atomic E-state index is 12.9. The van der Waals surface area contributed by atoms with Crippen molar-refractivity contribution in [2.75, 3.05) is 6.54 Å². The molecular formula is C9H8FN3O. The van der Waals surface area contributed by atoms with Gasteiger partial charge in [0.25, 0.3) is 5.91 Å². The van der Waals surface area contributed by atoms with Gasteiger partial charge in [0.1, 0.15) is 0 Å². The van der Waals surface area contributed by atoms with Crippen LogP contribution in [0.15, 0.2) is 18.3 Å². The van der Waals surface area contributed by atoms with Gasteiger partial charge in [0, 0.05) is 12.7 Å². The standard InChI is InChI=1S/C9H8FN3O/c10-8-7(3-1-5-12-8)9(14)13-6-2-4-11/h1,3,5H,2,6H2,(H,13,14). The summed E-state index contributed by atoms with van der Waals surface area (Å²) in [5.74, 6) is -1.35. The van der Waals surface area contributed by atoms with E-state index in [2.05, 4.69) is 10.3 Å². The fourth-order valence-electron chi connectivity index (χ4n) is 0.883. The summed E-state index contributed by atoms with van der Waals surface area (Å²) in [5, 5.41) is 10.6. The third kappa shape index (κ3) is 2.52. The Balaban J connectivity index is 2.62. The summed E-state index contributed by atoms with van der Waals surface area (Å²) in [6.45, 7) is 0.212. The number of aromatic nitrogens is 1. The number of nitriles is 1. The van der Waals surface area contributed by atoms with Crippen molar-refractivity contribution in [3.63, 3.8) is 0 Å². The minimum atomic E-state index is -0.804. The van der Waals surface area contributed by atoms with Gasteiger partial charge >= 0.3 is 0 Å². The maximum absolute atomic E-state index is 12.9. The lowest BCUT2D eigenvalue weighted by Crippen LogP contribution is -2.25. The Morgan fingerprint density at radius 3 is 3.14 bits per heavy atom. The predicted octanol–water partition coefficient (Wildman–Crippen LogP) is 0.864. The number of hydrogen-bond acceptors (Lipinski definition) is 3. The van der Waals surface area contributed by atoms with Crippen LogP contribution in [0.4, 0.5) is 4.39 Å². The van der Waals surface area contributed by atoms with Crippen molar-refractivity contribution in [3.8, 4) is 6.07 Å². The van der Waals surface area contributed by atoms with Crippen LogP contribution in [0.5, 0.6) is 0 Å². The Labute approximate surface area is 80.4 Å². The molecule has 0 saturated carbocycles. The van der Waals surface area contributed by atoms with E-state index in [1.807, 2.05) is 6.07 Å². The molecule has 0 aliphatic rings. The van der Waals surface area contributed by atoms with Crippen LogP contribution in [-0.4, -0.2) is 17.4 Å². The highest BCUT2D eigenvalue weighted by molar-refractivity contribution is 5.94. The maximum Gasteiger partial charge on any atom is 0.255 e. The third-order valence-corrected chi connectivity index (χ3v) is 1.53. The first-order valence-corrected chi connectivity index (χ1v) is 4.01. The zero-order valence-electron chi connectivity index (χ0n) is 7.33. The number of hydrogen-bond donors (Lipinski definition) is 1. The van der Waals surface area contributed by atoms with Crippen molar-refractivity contribution >= 4 is 5.91 Å². The van der Waals surface area contributed by atoms with Crippen LogP contribution in [-0.2, 0) is 0 Å². The molecule has 4 nitrogen and oxygen atoms in total. The summed E-state index contributed by atoms with van der Waals surface area (Å²) in [6, 6.07) is 4.68. The second-order valence-corrected chi connectivity index (χ2v) is 2.51. The smallest absolute Gasteiger partial charge is 0.255 e. The number of pyridine rings is 1. The molecule has 1 heterocycles. The topological polar surface area (TPSA) is 65.8 Å². The molecule has 5 heteroatoms. The van der Waals surface area contributed by atoms with E-state index in [0.717, 1.165) is 0 Å². The van der Waals surface area contributed by atoms with Crippen LogP contribution in [0.3, 0.4) is 0 Å². The Bertz CT molecular complexity index is 373. The highest BCUT2D eigenvalue weighted by atomic mass is 19.1. The van der Waals surface area contributed by atoms with Crippen LogP contribution in [0.1, 0.15) is 16.8 Å². The van der Waals surface area contributed by atoms with Crippen LogP contribution in [0.25, 0.3) is 0 Å². The van der Waals surface area contributed by atoms with Gasteiger partial charge in [-0.05, 0) is 12.1 Å². The van der Waals surface area contributed by atoms with Gasteiger partial charge < -0.3 is 5.32 Å². The van der Waals surface area contributed by atoms with Crippen molar-refractivity contribution in [3.05, 3.63) is 29.8 Å². The molecule has 0 bridgehead atoms. The summed E-state index contributed by atoms with van der Waals surface area (Å²) in [4.78, 5) is 14.6. The SMILES string of the molecule is N#CCCNC(=O)c1cccnc1F. The molecule has 1 amide bonds. The summed E-state index contributed by atoms with van der Waals surface area (Å²) in [6.07, 6.45) is 1.47. The van der Waals surface area contributed by atoms with E-state index in [1.54, 1.807) is 0 Å². The minimum absolute atomic E-state index is 0.106. The molecule has 0 fully saturated rings. The van der Waals surface area contributed by atoms with E-state index in [4.69, 9.17) is 5.26 Å². The van der Waals surface area contributed by atoms with Crippen LogP contribution >= 0.6 is 0 Å². The number of nitrogens with one attached hydrogen (secondary N) is 1. The van der Waals surface area contributed by atoms with Crippen molar-refractivity contribution in [1.29, 1.82) is 5.26 Å². The van der Waals surface area contributed by atoms with Gasteiger partial charge in [-0.3, -0.25) is 4.79 Å². The fraction of sp³-hybridized carbons (Fsp3) is 0.222. The average Bonchev–Trinajstić information content (AvgIpc) is 2.18. The van der Waals surface area contributed by atoms with Gasteiger partial charge in [-0.1, -0.05) is 0 Å². The van der Waals surface area contributed by atoms with E-state index in [-0.39, 0.29) is 18.5 Å². The minimum Gasteiger partial charge on any atom is -0.351 e. The normalized spacial score (nSPS) is 9.14. The Morgan fingerprint density at radius 1 is 1.71 bits per heavy atom. The van der Waals surface area contributed by atoms with Gasteiger partial charge in [0.2, 0.25) is 5.95 Å². The summed E-state index contributed by atoms with van der Waals surface area (Å²) >= 11 is 0. The van der Waals surface area contributed by atoms with Crippen molar-refractivity contribution in [2.45, 2.75) is 6.42 Å². The van der Waals surface area contributed by atoms with E-state index in [0.29, 0.717) is 0 Å². The fourth-order valence-corrected chi connectivity index (χ4v) is 0.883. The summed E-state index contributed by atoms with van der Waals surface area (Å²) in [7, 11) is 0. The molecule has 1 aromatic rings. The molecule has 0 aliphatic carbocycles.